The van der Waals surface area contributed by atoms with Crippen LogP contribution in [0.3, 0.4) is 0 Å². The molecule has 25 heteroatoms. The molecule has 21 nitrogen and oxygen atoms in total. The van der Waals surface area contributed by atoms with Gasteiger partial charge in [-0.3, -0.25) is 14.4 Å². The Morgan fingerprint density at radius 2 is 0.588 bits per heavy atom. The molecule has 3 unspecified atom stereocenters. The van der Waals surface area contributed by atoms with Crippen LogP contribution in [-0.4, -0.2) is 102 Å². The Morgan fingerprint density at radius 3 is 0.928 bits per heavy atom. The first-order chi connectivity index (χ1) is 46.0. The van der Waals surface area contributed by atoms with E-state index in [1.165, 1.54) is 0 Å². The summed E-state index contributed by atoms with van der Waals surface area (Å²) in [6.45, 7) is 16.8. The maximum atomic E-state index is 13.3. The number of aromatic amines is 6. The highest BCUT2D eigenvalue weighted by atomic mass is 79.9. The van der Waals surface area contributed by atoms with Gasteiger partial charge in [-0.15, -0.1) is 0 Å². The van der Waals surface area contributed by atoms with Gasteiger partial charge in [0, 0.05) is 157 Å². The standard InChI is InChI=1S/C24H24Br2N4O3.2C24H25BrN4O3/c1-24(2,3)33-23(32)29-12-21(17-10-27-19-8-13(25)4-6-15(17)19)30-22(31)18-11-28-20-9-14(26)5-7-16(18)20;1-24(2,3)32-23(31)28-13-21(17-11-27-20-10-14(25)8-9-16(17)20)29-22(30)18-12-26-19-7-5-4-6-15(18)19;1-24(2,3)32-23(31)28-13-21(17-11-26-19-7-5-4-6-15(17)19)29-22(30)18-12-27-20-10-14(25)8-9-16(18)20/h4-11,21,27-28H,12H2,1-3H3,(H,29,32)(H,30,31);2*4-12,21,26-27H,13H2,1-3H3,(H,28,31)(H,29,30). The molecule has 0 aliphatic carbocycles. The molecule has 12 N–H and O–H groups in total. The van der Waals surface area contributed by atoms with Crippen LogP contribution in [0.5, 0.6) is 0 Å². The lowest BCUT2D eigenvalue weighted by atomic mass is 10.0. The minimum Gasteiger partial charge on any atom is -0.444 e. The van der Waals surface area contributed by atoms with Gasteiger partial charge in [0.05, 0.1) is 34.8 Å². The normalized spacial score (nSPS) is 12.6. The number of nitrogens with one attached hydrogen (secondary N) is 12. The van der Waals surface area contributed by atoms with E-state index in [0.717, 1.165) is 100.0 Å². The molecule has 6 aromatic heterocycles. The monoisotopic (exact) mass is 1570 g/mol. The van der Waals surface area contributed by atoms with E-state index in [9.17, 15) is 28.8 Å². The Hall–Kier alpha value is -9.30. The Kier molecular flexibility index (Phi) is 21.8. The summed E-state index contributed by atoms with van der Waals surface area (Å²) in [5.74, 6) is -0.712. The lowest BCUT2D eigenvalue weighted by molar-refractivity contribution is 0.0510. The lowest BCUT2D eigenvalue weighted by Gasteiger charge is -2.22. The van der Waals surface area contributed by atoms with Gasteiger partial charge in [-0.2, -0.15) is 0 Å². The summed E-state index contributed by atoms with van der Waals surface area (Å²) in [5.41, 5.74) is 7.81. The SMILES string of the molecule is CC(C)(C)OC(=O)NCC(NC(=O)c1c[nH]c2cc(Br)ccc12)c1c[nH]c2cc(Br)ccc12.CC(C)(C)OC(=O)NCC(NC(=O)c1c[nH]c2cc(Br)ccc12)c1c[nH]c2ccccc12.CC(C)(C)OC(=O)NCC(NC(=O)c1c[nH]c2ccccc12)c1c[nH]c2cc(Br)ccc12. The molecule has 6 aromatic carbocycles. The zero-order valence-corrected chi connectivity index (χ0v) is 60.9. The number of rotatable bonds is 15. The van der Waals surface area contributed by atoms with Gasteiger partial charge in [-0.25, -0.2) is 14.4 Å². The number of halogens is 4. The number of carbonyl (C=O) groups is 6. The summed E-state index contributed by atoms with van der Waals surface area (Å²) in [5, 5.41) is 23.0. The summed E-state index contributed by atoms with van der Waals surface area (Å²) in [7, 11) is 0. The minimum absolute atomic E-state index is 0.164. The van der Waals surface area contributed by atoms with Crippen molar-refractivity contribution in [2.75, 3.05) is 19.6 Å². The number of amides is 6. The fourth-order valence-electron chi connectivity index (χ4n) is 11.0. The van der Waals surface area contributed by atoms with E-state index in [4.69, 9.17) is 14.2 Å². The number of hydrogen-bond donors (Lipinski definition) is 12. The number of alkyl carbamates (subject to hydrolysis) is 3. The van der Waals surface area contributed by atoms with Crippen LogP contribution in [0.15, 0.2) is 176 Å². The Bertz CT molecular complexity index is 4870. The van der Waals surface area contributed by atoms with Crippen molar-refractivity contribution in [2.24, 2.45) is 0 Å². The number of H-pyrrole nitrogens is 6. The van der Waals surface area contributed by atoms with Gasteiger partial charge < -0.3 is 76.0 Å². The number of fused-ring (bicyclic) bond motifs is 6. The van der Waals surface area contributed by atoms with Crippen molar-refractivity contribution in [3.8, 4) is 0 Å². The first-order valence-corrected chi connectivity index (χ1v) is 34.2. The second-order valence-electron chi connectivity index (χ2n) is 25.9. The predicted molar refractivity (Wildman–Crippen MR) is 394 cm³/mol. The predicted octanol–water partition coefficient (Wildman–Crippen LogP) is 17.0. The molecule has 0 saturated heterocycles. The third-order valence-electron chi connectivity index (χ3n) is 15.2. The molecule has 6 heterocycles. The molecule has 0 bridgehead atoms. The summed E-state index contributed by atoms with van der Waals surface area (Å²) >= 11 is 13.9. The fraction of sp³-hybridized carbons (Fsp3) is 0.250. The van der Waals surface area contributed by atoms with Crippen LogP contribution in [0, 0.1) is 0 Å². The number of aromatic nitrogens is 6. The summed E-state index contributed by atoms with van der Waals surface area (Å²) in [6.07, 6.45) is 9.04. The highest BCUT2D eigenvalue weighted by Crippen LogP contribution is 2.32. The van der Waals surface area contributed by atoms with Crippen LogP contribution in [0.25, 0.3) is 65.4 Å². The van der Waals surface area contributed by atoms with Gasteiger partial charge in [0.2, 0.25) is 0 Å². The first kappa shape index (κ1) is 70.5. The zero-order chi connectivity index (χ0) is 69.5. The maximum absolute atomic E-state index is 13.3. The highest BCUT2D eigenvalue weighted by Gasteiger charge is 2.28. The van der Waals surface area contributed by atoms with Crippen LogP contribution < -0.4 is 31.9 Å². The Morgan fingerprint density at radius 1 is 0.340 bits per heavy atom. The first-order valence-electron chi connectivity index (χ1n) is 31.0. The minimum atomic E-state index is -0.617. The molecular formula is C72H74Br4N12O9. The average molecular weight is 1570 g/mol. The summed E-state index contributed by atoms with van der Waals surface area (Å²) in [6, 6.07) is 37.2. The van der Waals surface area contributed by atoms with Crippen molar-refractivity contribution in [1.29, 1.82) is 0 Å². The number of hydrogen-bond acceptors (Lipinski definition) is 9. The highest BCUT2D eigenvalue weighted by molar-refractivity contribution is 9.11. The Balaban J connectivity index is 0.000000158. The molecule has 6 amide bonds. The second-order valence-corrected chi connectivity index (χ2v) is 29.6. The van der Waals surface area contributed by atoms with Gasteiger partial charge in [0.1, 0.15) is 16.8 Å². The fourth-order valence-corrected chi connectivity index (χ4v) is 12.4. The molecule has 0 saturated carbocycles. The summed E-state index contributed by atoms with van der Waals surface area (Å²) in [4.78, 5) is 95.6. The number of carbonyl (C=O) groups excluding carboxylic acids is 6. The molecule has 0 aliphatic rings. The van der Waals surface area contributed by atoms with Gasteiger partial charge in [0.15, 0.2) is 0 Å². The van der Waals surface area contributed by atoms with Crippen molar-refractivity contribution in [2.45, 2.75) is 97.2 Å². The summed E-state index contributed by atoms with van der Waals surface area (Å²) < 4.78 is 19.8. The van der Waals surface area contributed by atoms with Crippen LogP contribution in [-0.2, 0) is 14.2 Å². The van der Waals surface area contributed by atoms with E-state index < -0.39 is 53.2 Å². The smallest absolute Gasteiger partial charge is 0.407 e. The molecule has 97 heavy (non-hydrogen) atoms. The van der Waals surface area contributed by atoms with E-state index in [-0.39, 0.29) is 37.4 Å². The molecule has 12 rings (SSSR count). The van der Waals surface area contributed by atoms with E-state index in [1.807, 2.05) is 140 Å². The van der Waals surface area contributed by atoms with Crippen LogP contribution in [0.1, 0.15) is 128 Å². The third kappa shape index (κ3) is 18.2. The molecule has 0 fully saturated rings. The number of ether oxygens (including phenoxy) is 3. The second kappa shape index (κ2) is 30.0. The molecule has 3 atom stereocenters. The van der Waals surface area contributed by atoms with Gasteiger partial charge >= 0.3 is 18.3 Å². The molecular weight excluding hydrogens is 1500 g/mol. The average Bonchev–Trinajstić information content (AvgIpc) is 1.69. The van der Waals surface area contributed by atoms with Gasteiger partial charge in [-0.05, 0) is 123 Å². The molecule has 0 aliphatic heterocycles. The van der Waals surface area contributed by atoms with Crippen molar-refractivity contribution in [3.05, 3.63) is 210 Å². The molecule has 12 aromatic rings. The topological polar surface area (TPSA) is 297 Å². The third-order valence-corrected chi connectivity index (χ3v) is 17.1. The van der Waals surface area contributed by atoms with E-state index in [2.05, 4.69) is 126 Å². The maximum Gasteiger partial charge on any atom is 0.407 e. The van der Waals surface area contributed by atoms with E-state index in [1.54, 1.807) is 80.9 Å². The molecule has 0 radical (unpaired) electrons. The zero-order valence-electron chi connectivity index (χ0n) is 54.6. The van der Waals surface area contributed by atoms with Crippen LogP contribution in [0.2, 0.25) is 0 Å². The van der Waals surface area contributed by atoms with Gasteiger partial charge in [-0.1, -0.05) is 124 Å². The quantitative estimate of drug-likeness (QED) is 0.0434. The van der Waals surface area contributed by atoms with E-state index in [0.29, 0.717) is 16.7 Å². The number of para-hydroxylation sites is 2. The van der Waals surface area contributed by atoms with Crippen molar-refractivity contribution in [1.82, 2.24) is 61.8 Å². The van der Waals surface area contributed by atoms with Gasteiger partial charge in [0.25, 0.3) is 17.7 Å². The number of benzene rings is 6. The van der Waals surface area contributed by atoms with E-state index >= 15 is 0 Å². The lowest BCUT2D eigenvalue weighted by Crippen LogP contribution is -2.40. The van der Waals surface area contributed by atoms with Crippen LogP contribution >= 0.6 is 63.7 Å². The molecule has 0 spiro atoms. The van der Waals surface area contributed by atoms with Crippen molar-refractivity contribution < 1.29 is 43.0 Å². The van der Waals surface area contributed by atoms with Crippen LogP contribution in [0.4, 0.5) is 14.4 Å². The Labute approximate surface area is 592 Å². The van der Waals surface area contributed by atoms with Crippen molar-refractivity contribution >= 4 is 165 Å². The van der Waals surface area contributed by atoms with Crippen molar-refractivity contribution in [3.63, 3.8) is 0 Å². The molecule has 504 valence electrons. The largest absolute Gasteiger partial charge is 0.444 e.